The highest BCUT2D eigenvalue weighted by atomic mass is 35.5. The fourth-order valence-electron chi connectivity index (χ4n) is 2.78. The van der Waals surface area contributed by atoms with Gasteiger partial charge in [0, 0.05) is 33.1 Å². The summed E-state index contributed by atoms with van der Waals surface area (Å²) in [7, 11) is 3.14. The van der Waals surface area contributed by atoms with E-state index in [4.69, 9.17) is 16.3 Å². The van der Waals surface area contributed by atoms with Gasteiger partial charge in [-0.1, -0.05) is 23.7 Å². The van der Waals surface area contributed by atoms with Crippen molar-refractivity contribution in [3.63, 3.8) is 0 Å². The Morgan fingerprint density at radius 3 is 2.65 bits per heavy atom. The summed E-state index contributed by atoms with van der Waals surface area (Å²) in [5.74, 6) is 1.27. The lowest BCUT2D eigenvalue weighted by Gasteiger charge is -2.21. The summed E-state index contributed by atoms with van der Waals surface area (Å²) < 4.78 is 8.52. The van der Waals surface area contributed by atoms with Crippen molar-refractivity contribution >= 4 is 17.4 Å². The monoisotopic (exact) mass is 335 g/mol. The molecule has 0 spiro atoms. The van der Waals surface area contributed by atoms with E-state index in [1.807, 2.05) is 23.1 Å². The van der Waals surface area contributed by atoms with Crippen molar-refractivity contribution in [2.75, 3.05) is 18.0 Å². The van der Waals surface area contributed by atoms with E-state index in [-0.39, 0.29) is 17.4 Å². The van der Waals surface area contributed by atoms with Gasteiger partial charge in [0.1, 0.15) is 17.7 Å². The number of hydrogen-bond donors (Lipinski definition) is 0. The van der Waals surface area contributed by atoms with Crippen LogP contribution in [0.25, 0.3) is 0 Å². The molecule has 23 heavy (non-hydrogen) atoms. The van der Waals surface area contributed by atoms with Crippen molar-refractivity contribution in [3.05, 3.63) is 56.2 Å². The third-order valence-corrected chi connectivity index (χ3v) is 4.41. The van der Waals surface area contributed by atoms with Crippen molar-refractivity contribution in [3.8, 4) is 5.75 Å². The fourth-order valence-corrected chi connectivity index (χ4v) is 2.96. The number of halogens is 1. The number of hydrogen-bond acceptors (Lipinski definition) is 4. The predicted octanol–water partition coefficient (Wildman–Crippen LogP) is 1.40. The van der Waals surface area contributed by atoms with Gasteiger partial charge in [0.2, 0.25) is 0 Å². The number of nitrogens with zero attached hydrogens (tertiary/aromatic N) is 3. The smallest absolute Gasteiger partial charge is 0.332 e. The molecule has 1 fully saturated rings. The van der Waals surface area contributed by atoms with Crippen LogP contribution in [-0.4, -0.2) is 28.3 Å². The zero-order valence-electron chi connectivity index (χ0n) is 13.0. The maximum Gasteiger partial charge on any atom is 0.332 e. The summed E-state index contributed by atoms with van der Waals surface area (Å²) in [6, 6.07) is 8.83. The van der Waals surface area contributed by atoms with Gasteiger partial charge in [-0.2, -0.15) is 0 Å². The summed E-state index contributed by atoms with van der Waals surface area (Å²) in [5, 5.41) is 0.576. The highest BCUT2D eigenvalue weighted by Gasteiger charge is 2.26. The van der Waals surface area contributed by atoms with Crippen LogP contribution in [0.3, 0.4) is 0 Å². The van der Waals surface area contributed by atoms with Crippen LogP contribution >= 0.6 is 11.6 Å². The van der Waals surface area contributed by atoms with Crippen LogP contribution in [0, 0.1) is 0 Å². The van der Waals surface area contributed by atoms with E-state index >= 15 is 0 Å². The second kappa shape index (κ2) is 6.12. The zero-order chi connectivity index (χ0) is 16.6. The molecule has 0 saturated carbocycles. The van der Waals surface area contributed by atoms with Gasteiger partial charge >= 0.3 is 5.69 Å². The summed E-state index contributed by atoms with van der Waals surface area (Å²) in [6.45, 7) is 1.32. The van der Waals surface area contributed by atoms with Gasteiger partial charge in [0.15, 0.2) is 0 Å². The van der Waals surface area contributed by atoms with Crippen LogP contribution in [0.15, 0.2) is 39.9 Å². The third kappa shape index (κ3) is 2.99. The van der Waals surface area contributed by atoms with Crippen LogP contribution in [0.1, 0.15) is 6.42 Å². The molecule has 122 valence electrons. The molecular weight excluding hydrogens is 318 g/mol. The van der Waals surface area contributed by atoms with Crippen LogP contribution in [0.4, 0.5) is 5.82 Å². The lowest BCUT2D eigenvalue weighted by Crippen LogP contribution is -2.40. The number of aromatic nitrogens is 2. The molecule has 7 heteroatoms. The van der Waals surface area contributed by atoms with Gasteiger partial charge in [-0.3, -0.25) is 13.9 Å². The van der Waals surface area contributed by atoms with E-state index in [1.165, 1.54) is 17.7 Å². The third-order valence-electron chi connectivity index (χ3n) is 4.10. The molecular formula is C16H18ClN3O3. The molecule has 1 aromatic carbocycles. The Balaban J connectivity index is 1.80. The molecule has 1 aliphatic rings. The molecule has 1 atom stereocenters. The molecule has 2 aromatic rings. The average molecular weight is 336 g/mol. The summed E-state index contributed by atoms with van der Waals surface area (Å²) in [6.07, 6.45) is 0.767. The quantitative estimate of drug-likeness (QED) is 0.850. The van der Waals surface area contributed by atoms with Crippen molar-refractivity contribution in [2.45, 2.75) is 12.5 Å². The van der Waals surface area contributed by atoms with Crippen molar-refractivity contribution in [1.29, 1.82) is 0 Å². The van der Waals surface area contributed by atoms with E-state index in [1.54, 1.807) is 13.1 Å². The van der Waals surface area contributed by atoms with E-state index in [2.05, 4.69) is 0 Å². The Kier molecular flexibility index (Phi) is 4.17. The standard InChI is InChI=1S/C16H18ClN3O3/c1-18-14(9-15(21)19(2)16(18)22)20-8-7-11(10-20)23-13-6-4-3-5-12(13)17/h3-6,9,11H,7-8,10H2,1-2H3/t11-/m0/s1. The number of anilines is 1. The number of ether oxygens (including phenoxy) is 1. The average Bonchev–Trinajstić information content (AvgIpc) is 2.99. The minimum absolute atomic E-state index is 0.0333. The minimum atomic E-state index is -0.331. The zero-order valence-corrected chi connectivity index (χ0v) is 13.8. The lowest BCUT2D eigenvalue weighted by atomic mass is 10.3. The molecule has 0 bridgehead atoms. The Bertz CT molecular complexity index is 843. The topological polar surface area (TPSA) is 56.5 Å². The highest BCUT2D eigenvalue weighted by molar-refractivity contribution is 6.32. The number of para-hydroxylation sites is 1. The molecule has 1 aromatic heterocycles. The molecule has 0 unspecified atom stereocenters. The highest BCUT2D eigenvalue weighted by Crippen LogP contribution is 2.27. The SMILES string of the molecule is Cn1c(N2CC[C@H](Oc3ccccc3Cl)C2)cc(=O)n(C)c1=O. The van der Waals surface area contributed by atoms with E-state index in [9.17, 15) is 9.59 Å². The second-order valence-corrected chi connectivity index (χ2v) is 6.05. The summed E-state index contributed by atoms with van der Waals surface area (Å²) >= 11 is 6.11. The Labute approximate surface area is 138 Å². The first-order valence-electron chi connectivity index (χ1n) is 7.40. The van der Waals surface area contributed by atoms with Crippen LogP contribution in [0.2, 0.25) is 5.02 Å². The molecule has 1 saturated heterocycles. The molecule has 0 radical (unpaired) electrons. The summed E-state index contributed by atoms with van der Waals surface area (Å²) in [4.78, 5) is 25.9. The molecule has 1 aliphatic heterocycles. The Morgan fingerprint density at radius 2 is 1.91 bits per heavy atom. The fraction of sp³-hybridized carbons (Fsp3) is 0.375. The van der Waals surface area contributed by atoms with Crippen LogP contribution in [-0.2, 0) is 14.1 Å². The molecule has 2 heterocycles. The number of benzene rings is 1. The second-order valence-electron chi connectivity index (χ2n) is 5.65. The van der Waals surface area contributed by atoms with Gasteiger partial charge in [0.05, 0.1) is 11.6 Å². The largest absolute Gasteiger partial charge is 0.487 e. The molecule has 0 amide bonds. The van der Waals surface area contributed by atoms with Gasteiger partial charge in [-0.25, -0.2) is 4.79 Å². The Hall–Kier alpha value is -2.21. The van der Waals surface area contributed by atoms with Crippen molar-refractivity contribution in [2.24, 2.45) is 14.1 Å². The first-order chi connectivity index (χ1) is 11.0. The van der Waals surface area contributed by atoms with Crippen molar-refractivity contribution in [1.82, 2.24) is 9.13 Å². The van der Waals surface area contributed by atoms with Gasteiger partial charge in [-0.15, -0.1) is 0 Å². The molecule has 6 nitrogen and oxygen atoms in total. The molecule has 0 aliphatic carbocycles. The molecule has 3 rings (SSSR count). The van der Waals surface area contributed by atoms with Gasteiger partial charge in [0.25, 0.3) is 5.56 Å². The van der Waals surface area contributed by atoms with Gasteiger partial charge in [-0.05, 0) is 12.1 Å². The first kappa shape index (κ1) is 15.7. The lowest BCUT2D eigenvalue weighted by molar-refractivity contribution is 0.225. The van der Waals surface area contributed by atoms with Crippen molar-refractivity contribution < 1.29 is 4.74 Å². The molecule has 0 N–H and O–H groups in total. The predicted molar refractivity (Wildman–Crippen MR) is 89.6 cm³/mol. The van der Waals surface area contributed by atoms with Crippen LogP contribution < -0.4 is 20.9 Å². The van der Waals surface area contributed by atoms with E-state index in [0.717, 1.165) is 17.5 Å². The minimum Gasteiger partial charge on any atom is -0.487 e. The van der Waals surface area contributed by atoms with E-state index in [0.29, 0.717) is 23.1 Å². The normalized spacial score (nSPS) is 17.5. The van der Waals surface area contributed by atoms with Gasteiger partial charge < -0.3 is 9.64 Å². The first-order valence-corrected chi connectivity index (χ1v) is 7.78. The maximum absolute atomic E-state index is 12.0. The summed E-state index contributed by atoms with van der Waals surface area (Å²) in [5.41, 5.74) is -0.637. The Morgan fingerprint density at radius 1 is 1.17 bits per heavy atom. The maximum atomic E-state index is 12.0. The number of rotatable bonds is 3. The van der Waals surface area contributed by atoms with Crippen LogP contribution in [0.5, 0.6) is 5.75 Å². The van der Waals surface area contributed by atoms with E-state index < -0.39 is 0 Å².